The number of carboxylic acids is 1. The summed E-state index contributed by atoms with van der Waals surface area (Å²) in [6, 6.07) is -0.865. The number of hydrogen-bond acceptors (Lipinski definition) is 3. The predicted octanol–water partition coefficient (Wildman–Crippen LogP) is -1.04. The Hall–Kier alpha value is -0.810. The van der Waals surface area contributed by atoms with Crippen molar-refractivity contribution in [2.24, 2.45) is 5.73 Å². The van der Waals surface area contributed by atoms with E-state index in [0.717, 1.165) is 0 Å². The summed E-state index contributed by atoms with van der Waals surface area (Å²) in [5.41, 5.74) is 4.92. The van der Waals surface area contributed by atoms with E-state index in [1.807, 2.05) is 0 Å². The minimum absolute atomic E-state index is 0. The molecule has 11 heavy (non-hydrogen) atoms. The third-order valence-corrected chi connectivity index (χ3v) is 0.933. The molecular formula is C5H11ClN2O3. The van der Waals surface area contributed by atoms with Gasteiger partial charge in [0.1, 0.15) is 6.04 Å². The third kappa shape index (κ3) is 5.63. The maximum Gasteiger partial charge on any atom is 0.325 e. The number of hydrogen-bond donors (Lipinski definition) is 3. The summed E-state index contributed by atoms with van der Waals surface area (Å²) in [5, 5.41) is 10.4. The Bertz CT molecular complexity index is 151. The molecular weight excluding hydrogens is 172 g/mol. The molecule has 6 heteroatoms. The molecule has 1 atom stereocenters. The minimum atomic E-state index is -1.07. The van der Waals surface area contributed by atoms with E-state index in [1.54, 1.807) is 0 Å². The highest BCUT2D eigenvalue weighted by molar-refractivity contribution is 5.85. The van der Waals surface area contributed by atoms with E-state index in [1.165, 1.54) is 6.92 Å². The van der Waals surface area contributed by atoms with Gasteiger partial charge in [-0.1, -0.05) is 0 Å². The summed E-state index contributed by atoms with van der Waals surface area (Å²) < 4.78 is 0. The van der Waals surface area contributed by atoms with Gasteiger partial charge in [0.2, 0.25) is 5.91 Å². The van der Waals surface area contributed by atoms with Crippen molar-refractivity contribution in [2.45, 2.75) is 13.0 Å². The quantitative estimate of drug-likeness (QED) is 0.520. The molecule has 0 saturated carbocycles. The number of carbonyl (C=O) groups is 2. The lowest BCUT2D eigenvalue weighted by Crippen LogP contribution is -2.41. The first kappa shape index (κ1) is 12.8. The number of amides is 1. The molecule has 0 aromatic carbocycles. The van der Waals surface area contributed by atoms with Crippen LogP contribution in [0.2, 0.25) is 0 Å². The summed E-state index contributed by atoms with van der Waals surface area (Å²) in [6.45, 7) is 1.19. The molecule has 0 aliphatic heterocycles. The second kappa shape index (κ2) is 5.94. The standard InChI is InChI=1S/C5H10N2O3.ClH/c1-3(5(9)10)7-4(8)2-6;/h3H,2,6H2,1H3,(H,7,8)(H,9,10);1H. The van der Waals surface area contributed by atoms with E-state index in [-0.39, 0.29) is 19.0 Å². The summed E-state index contributed by atoms with van der Waals surface area (Å²) in [4.78, 5) is 20.5. The Morgan fingerprint density at radius 3 is 2.36 bits per heavy atom. The number of aliphatic carboxylic acids is 1. The van der Waals surface area contributed by atoms with Crippen molar-refractivity contribution in [3.8, 4) is 0 Å². The van der Waals surface area contributed by atoms with Crippen LogP contribution in [-0.2, 0) is 9.59 Å². The van der Waals surface area contributed by atoms with Gasteiger partial charge in [0, 0.05) is 0 Å². The van der Waals surface area contributed by atoms with Crippen LogP contribution in [0.4, 0.5) is 0 Å². The normalized spacial score (nSPS) is 11.1. The molecule has 5 nitrogen and oxygen atoms in total. The molecule has 0 aliphatic carbocycles. The molecule has 0 fully saturated rings. The van der Waals surface area contributed by atoms with Crippen molar-refractivity contribution in [1.29, 1.82) is 0 Å². The van der Waals surface area contributed by atoms with Crippen molar-refractivity contribution in [3.63, 3.8) is 0 Å². The molecule has 0 rings (SSSR count). The maximum atomic E-state index is 10.4. The van der Waals surface area contributed by atoms with E-state index in [9.17, 15) is 9.59 Å². The second-order valence-electron chi connectivity index (χ2n) is 1.83. The van der Waals surface area contributed by atoms with Gasteiger partial charge in [-0.25, -0.2) is 0 Å². The summed E-state index contributed by atoms with van der Waals surface area (Å²) >= 11 is 0. The highest BCUT2D eigenvalue weighted by Crippen LogP contribution is 1.78. The van der Waals surface area contributed by atoms with Crippen LogP contribution in [-0.4, -0.2) is 29.6 Å². The first-order chi connectivity index (χ1) is 4.57. The molecule has 66 valence electrons. The second-order valence-corrected chi connectivity index (χ2v) is 1.83. The van der Waals surface area contributed by atoms with Gasteiger partial charge in [0.05, 0.1) is 6.54 Å². The van der Waals surface area contributed by atoms with E-state index >= 15 is 0 Å². The van der Waals surface area contributed by atoms with E-state index in [4.69, 9.17) is 10.8 Å². The average molecular weight is 183 g/mol. The molecule has 0 spiro atoms. The Morgan fingerprint density at radius 2 is 2.09 bits per heavy atom. The topological polar surface area (TPSA) is 92.4 Å². The highest BCUT2D eigenvalue weighted by atomic mass is 35.5. The molecule has 0 aliphatic rings. The van der Waals surface area contributed by atoms with E-state index < -0.39 is 17.9 Å². The Labute approximate surface area is 70.4 Å². The number of rotatable bonds is 3. The smallest absolute Gasteiger partial charge is 0.325 e. The van der Waals surface area contributed by atoms with Gasteiger partial charge in [0.15, 0.2) is 0 Å². The van der Waals surface area contributed by atoms with Crippen LogP contribution in [0.3, 0.4) is 0 Å². The first-order valence-electron chi connectivity index (χ1n) is 2.80. The first-order valence-corrected chi connectivity index (χ1v) is 2.80. The van der Waals surface area contributed by atoms with Crippen LogP contribution in [0.5, 0.6) is 0 Å². The van der Waals surface area contributed by atoms with Crippen LogP contribution in [0, 0.1) is 0 Å². The molecule has 0 saturated heterocycles. The summed E-state index contributed by atoms with van der Waals surface area (Å²) in [7, 11) is 0. The predicted molar refractivity (Wildman–Crippen MR) is 41.5 cm³/mol. The summed E-state index contributed by atoms with van der Waals surface area (Å²) in [5.74, 6) is -1.53. The molecule has 0 heterocycles. The lowest BCUT2D eigenvalue weighted by Gasteiger charge is -2.06. The molecule has 0 aromatic rings. The molecule has 0 radical (unpaired) electrons. The fraction of sp³-hybridized carbons (Fsp3) is 0.600. The number of carbonyl (C=O) groups excluding carboxylic acids is 1. The SMILES string of the molecule is CC(NC(=O)CN)C(=O)O.Cl. The zero-order chi connectivity index (χ0) is 8.15. The lowest BCUT2D eigenvalue weighted by atomic mass is 10.3. The number of nitrogens with two attached hydrogens (primary N) is 1. The van der Waals surface area contributed by atoms with E-state index in [0.29, 0.717) is 0 Å². The van der Waals surface area contributed by atoms with Crippen molar-refractivity contribution in [1.82, 2.24) is 5.32 Å². The molecule has 1 unspecified atom stereocenters. The van der Waals surface area contributed by atoms with Gasteiger partial charge in [-0.3, -0.25) is 9.59 Å². The van der Waals surface area contributed by atoms with Gasteiger partial charge in [-0.15, -0.1) is 12.4 Å². The van der Waals surface area contributed by atoms with Gasteiger partial charge in [-0.2, -0.15) is 0 Å². The molecule has 1 amide bonds. The highest BCUT2D eigenvalue weighted by Gasteiger charge is 2.11. The minimum Gasteiger partial charge on any atom is -0.480 e. The largest absolute Gasteiger partial charge is 0.480 e. The average Bonchev–Trinajstić information content (AvgIpc) is 1.87. The molecule has 4 N–H and O–H groups in total. The Kier molecular flexibility index (Phi) is 6.92. The fourth-order valence-electron chi connectivity index (χ4n) is 0.362. The Morgan fingerprint density at radius 1 is 1.64 bits per heavy atom. The zero-order valence-corrected chi connectivity index (χ0v) is 6.85. The maximum absolute atomic E-state index is 10.4. The third-order valence-electron chi connectivity index (χ3n) is 0.933. The monoisotopic (exact) mass is 182 g/mol. The van der Waals surface area contributed by atoms with Crippen LogP contribution in [0.15, 0.2) is 0 Å². The van der Waals surface area contributed by atoms with Gasteiger partial charge in [-0.05, 0) is 6.92 Å². The number of halogens is 1. The van der Waals surface area contributed by atoms with E-state index in [2.05, 4.69) is 5.32 Å². The number of carboxylic acid groups (broad SMARTS) is 1. The van der Waals surface area contributed by atoms with Gasteiger partial charge in [0.25, 0.3) is 0 Å². The van der Waals surface area contributed by atoms with Crippen molar-refractivity contribution in [3.05, 3.63) is 0 Å². The van der Waals surface area contributed by atoms with Crippen molar-refractivity contribution >= 4 is 24.3 Å². The van der Waals surface area contributed by atoms with Crippen LogP contribution < -0.4 is 11.1 Å². The van der Waals surface area contributed by atoms with Crippen LogP contribution in [0.1, 0.15) is 6.92 Å². The zero-order valence-electron chi connectivity index (χ0n) is 6.03. The molecule has 0 bridgehead atoms. The lowest BCUT2D eigenvalue weighted by molar-refractivity contribution is -0.141. The molecule has 0 aromatic heterocycles. The van der Waals surface area contributed by atoms with Gasteiger partial charge < -0.3 is 16.2 Å². The summed E-state index contributed by atoms with van der Waals surface area (Å²) in [6.07, 6.45) is 0. The van der Waals surface area contributed by atoms with Crippen LogP contribution in [0.25, 0.3) is 0 Å². The number of nitrogens with one attached hydrogen (secondary N) is 1. The van der Waals surface area contributed by atoms with Crippen molar-refractivity contribution < 1.29 is 14.7 Å². The van der Waals surface area contributed by atoms with Gasteiger partial charge >= 0.3 is 5.97 Å². The van der Waals surface area contributed by atoms with Crippen molar-refractivity contribution in [2.75, 3.05) is 6.54 Å². The fourth-order valence-corrected chi connectivity index (χ4v) is 0.362. The Balaban J connectivity index is 0. The van der Waals surface area contributed by atoms with Crippen LogP contribution >= 0.6 is 12.4 Å².